The summed E-state index contributed by atoms with van der Waals surface area (Å²) >= 11 is 5.76. The van der Waals surface area contributed by atoms with Crippen molar-refractivity contribution in [1.82, 2.24) is 14.6 Å². The molecule has 3 rings (SSSR count). The van der Waals surface area contributed by atoms with Crippen molar-refractivity contribution in [1.29, 1.82) is 0 Å². The lowest BCUT2D eigenvalue weighted by molar-refractivity contribution is -0.198. The van der Waals surface area contributed by atoms with Crippen LogP contribution < -0.4 is 5.32 Å². The molecule has 0 amide bonds. The average Bonchev–Trinajstić information content (AvgIpc) is 2.89. The van der Waals surface area contributed by atoms with Crippen LogP contribution in [0.3, 0.4) is 0 Å². The summed E-state index contributed by atoms with van der Waals surface area (Å²) in [5, 5.41) is 6.71. The van der Waals surface area contributed by atoms with E-state index < -0.39 is 18.2 Å². The molecule has 1 atom stereocenters. The Balaban J connectivity index is 2.32. The predicted octanol–water partition coefficient (Wildman–Crippen LogP) is 2.25. The predicted molar refractivity (Wildman–Crippen MR) is 66.1 cm³/mol. The standard InChI is InChI=1S/C11H10ClF3N4O/c1-20-5-10(11(13,14)15)4-17-6-3-16-8-2-7(12)18-19(8)9(6)10/h2-3,17H,4-5H2,1H3. The van der Waals surface area contributed by atoms with Crippen molar-refractivity contribution in [3.8, 4) is 0 Å². The molecular weight excluding hydrogens is 297 g/mol. The maximum Gasteiger partial charge on any atom is 0.403 e. The number of hydrogen-bond donors (Lipinski definition) is 1. The lowest BCUT2D eigenvalue weighted by atomic mass is 9.86. The molecule has 0 saturated carbocycles. The Morgan fingerprint density at radius 3 is 2.95 bits per heavy atom. The van der Waals surface area contributed by atoms with Gasteiger partial charge in [-0.15, -0.1) is 0 Å². The highest BCUT2D eigenvalue weighted by Gasteiger charge is 2.61. The summed E-state index contributed by atoms with van der Waals surface area (Å²) in [6, 6.07) is 1.41. The number of aromatic nitrogens is 3. The molecule has 1 N–H and O–H groups in total. The fourth-order valence-corrected chi connectivity index (χ4v) is 2.68. The Hall–Kier alpha value is -1.54. The highest BCUT2D eigenvalue weighted by atomic mass is 35.5. The lowest BCUT2D eigenvalue weighted by Gasteiger charge is -2.30. The number of alkyl halides is 3. The second kappa shape index (κ2) is 4.23. The summed E-state index contributed by atoms with van der Waals surface area (Å²) in [6.07, 6.45) is -3.14. The normalized spacial score (nSPS) is 22.1. The van der Waals surface area contributed by atoms with Crippen LogP contribution in [0.5, 0.6) is 0 Å². The first kappa shape index (κ1) is 13.4. The molecule has 0 fully saturated rings. The molecular formula is C11H10ClF3N4O. The maximum atomic E-state index is 13.6. The number of methoxy groups -OCH3 is 1. The largest absolute Gasteiger partial charge is 0.403 e. The van der Waals surface area contributed by atoms with Crippen LogP contribution in [0.4, 0.5) is 18.9 Å². The minimum absolute atomic E-state index is 0.0243. The van der Waals surface area contributed by atoms with E-state index in [4.69, 9.17) is 16.3 Å². The van der Waals surface area contributed by atoms with Gasteiger partial charge in [0.1, 0.15) is 0 Å². The summed E-state index contributed by atoms with van der Waals surface area (Å²) in [5.41, 5.74) is -1.65. The van der Waals surface area contributed by atoms with E-state index in [0.717, 1.165) is 4.52 Å². The molecule has 108 valence electrons. The van der Waals surface area contributed by atoms with Gasteiger partial charge in [-0.05, 0) is 0 Å². The van der Waals surface area contributed by atoms with Gasteiger partial charge >= 0.3 is 6.18 Å². The van der Waals surface area contributed by atoms with Gasteiger partial charge < -0.3 is 10.1 Å². The molecule has 1 aliphatic heterocycles. The molecule has 5 nitrogen and oxygen atoms in total. The van der Waals surface area contributed by atoms with Crippen molar-refractivity contribution in [2.24, 2.45) is 0 Å². The first-order chi connectivity index (χ1) is 9.39. The zero-order valence-electron chi connectivity index (χ0n) is 10.3. The van der Waals surface area contributed by atoms with E-state index >= 15 is 0 Å². The van der Waals surface area contributed by atoms with Crippen molar-refractivity contribution < 1.29 is 17.9 Å². The second-order valence-corrected chi connectivity index (χ2v) is 5.01. The molecule has 1 unspecified atom stereocenters. The monoisotopic (exact) mass is 306 g/mol. The minimum Gasteiger partial charge on any atom is -0.383 e. The van der Waals surface area contributed by atoms with E-state index in [1.165, 1.54) is 19.4 Å². The van der Waals surface area contributed by atoms with Crippen LogP contribution in [0.15, 0.2) is 12.3 Å². The van der Waals surface area contributed by atoms with Gasteiger partial charge in [-0.3, -0.25) is 0 Å². The van der Waals surface area contributed by atoms with Crippen molar-refractivity contribution in [2.75, 3.05) is 25.6 Å². The third-order valence-electron chi connectivity index (χ3n) is 3.42. The summed E-state index contributed by atoms with van der Waals surface area (Å²) in [7, 11) is 1.24. The van der Waals surface area contributed by atoms with Crippen LogP contribution in [0.2, 0.25) is 5.15 Å². The number of halogens is 4. The zero-order chi connectivity index (χ0) is 14.5. The number of hydrogen-bond acceptors (Lipinski definition) is 4. The van der Waals surface area contributed by atoms with Crippen LogP contribution >= 0.6 is 11.6 Å². The highest BCUT2D eigenvalue weighted by Crippen LogP contribution is 2.47. The first-order valence-electron chi connectivity index (χ1n) is 5.73. The third kappa shape index (κ3) is 1.68. The zero-order valence-corrected chi connectivity index (χ0v) is 11.1. The molecule has 20 heavy (non-hydrogen) atoms. The van der Waals surface area contributed by atoms with E-state index in [1.54, 1.807) is 0 Å². The van der Waals surface area contributed by atoms with E-state index in [9.17, 15) is 13.2 Å². The Bertz CT molecular complexity index is 667. The van der Waals surface area contributed by atoms with Gasteiger partial charge in [0.25, 0.3) is 0 Å². The van der Waals surface area contributed by atoms with E-state index in [0.29, 0.717) is 0 Å². The summed E-state index contributed by atoms with van der Waals surface area (Å²) < 4.78 is 46.7. The fraction of sp³-hybridized carbons (Fsp3) is 0.455. The Kier molecular flexibility index (Phi) is 2.84. The smallest absolute Gasteiger partial charge is 0.383 e. The molecule has 2 aromatic heterocycles. The van der Waals surface area contributed by atoms with Crippen LogP contribution in [0.25, 0.3) is 5.65 Å². The fourth-order valence-electron chi connectivity index (χ4n) is 2.51. The minimum atomic E-state index is -4.49. The van der Waals surface area contributed by atoms with Gasteiger partial charge in [-0.2, -0.15) is 18.3 Å². The van der Waals surface area contributed by atoms with Gasteiger partial charge in [0.2, 0.25) is 0 Å². The summed E-state index contributed by atoms with van der Waals surface area (Å²) in [5.74, 6) is 0. The van der Waals surface area contributed by atoms with Crippen molar-refractivity contribution in [2.45, 2.75) is 11.6 Å². The number of nitrogens with one attached hydrogen (secondary N) is 1. The molecule has 3 heterocycles. The van der Waals surface area contributed by atoms with Gasteiger partial charge in [0.15, 0.2) is 16.2 Å². The molecule has 2 aromatic rings. The molecule has 1 aliphatic rings. The number of nitrogens with zero attached hydrogens (tertiary/aromatic N) is 3. The van der Waals surface area contributed by atoms with Crippen LogP contribution in [0.1, 0.15) is 5.69 Å². The van der Waals surface area contributed by atoms with Gasteiger partial charge in [-0.25, -0.2) is 9.50 Å². The third-order valence-corrected chi connectivity index (χ3v) is 3.61. The van der Waals surface area contributed by atoms with E-state index in [2.05, 4.69) is 15.4 Å². The quantitative estimate of drug-likeness (QED) is 0.924. The molecule has 0 saturated heterocycles. The number of ether oxygens (including phenoxy) is 1. The van der Waals surface area contributed by atoms with E-state index in [1.807, 2.05) is 0 Å². The Morgan fingerprint density at radius 1 is 1.55 bits per heavy atom. The Labute approximate surface area is 116 Å². The lowest BCUT2D eigenvalue weighted by Crippen LogP contribution is -2.49. The van der Waals surface area contributed by atoms with E-state index in [-0.39, 0.29) is 28.7 Å². The topological polar surface area (TPSA) is 51.5 Å². The molecule has 0 bridgehead atoms. The van der Waals surface area contributed by atoms with Crippen LogP contribution in [-0.4, -0.2) is 41.0 Å². The molecule has 9 heteroatoms. The first-order valence-corrected chi connectivity index (χ1v) is 6.11. The van der Waals surface area contributed by atoms with Crippen molar-refractivity contribution in [3.05, 3.63) is 23.1 Å². The van der Waals surface area contributed by atoms with Crippen LogP contribution in [0, 0.1) is 0 Å². The van der Waals surface area contributed by atoms with Crippen LogP contribution in [-0.2, 0) is 10.2 Å². The van der Waals surface area contributed by atoms with Crippen molar-refractivity contribution in [3.63, 3.8) is 0 Å². The number of rotatable bonds is 2. The highest BCUT2D eigenvalue weighted by molar-refractivity contribution is 6.29. The van der Waals surface area contributed by atoms with Gasteiger partial charge in [0, 0.05) is 19.7 Å². The van der Waals surface area contributed by atoms with Gasteiger partial charge in [0.05, 0.1) is 24.2 Å². The SMILES string of the molecule is COCC1(C(F)(F)F)CNc2cnc3cc(Cl)nn3c21. The summed E-state index contributed by atoms with van der Waals surface area (Å²) in [4.78, 5) is 4.03. The van der Waals surface area contributed by atoms with Crippen molar-refractivity contribution >= 4 is 22.9 Å². The molecule has 0 aliphatic carbocycles. The van der Waals surface area contributed by atoms with Gasteiger partial charge in [-0.1, -0.05) is 11.6 Å². The average molecular weight is 307 g/mol. The second-order valence-electron chi connectivity index (χ2n) is 4.62. The maximum absolute atomic E-state index is 13.6. The molecule has 0 aromatic carbocycles. The Morgan fingerprint density at radius 2 is 2.30 bits per heavy atom. The molecule has 0 radical (unpaired) electrons. The summed E-state index contributed by atoms with van der Waals surface area (Å²) in [6.45, 7) is -0.828. The number of anilines is 1. The molecule has 0 spiro atoms. The number of fused-ring (bicyclic) bond motifs is 3.